The van der Waals surface area contributed by atoms with E-state index >= 15 is 0 Å². The number of hydrogen-bond acceptors (Lipinski definition) is 6. The summed E-state index contributed by atoms with van der Waals surface area (Å²) in [6.07, 6.45) is 3.51. The maximum Gasteiger partial charge on any atom is 0.322 e. The number of halogens is 1. The Kier molecular flexibility index (Phi) is 3.38. The van der Waals surface area contributed by atoms with Crippen LogP contribution in [0.4, 0.5) is 5.95 Å². The summed E-state index contributed by atoms with van der Waals surface area (Å²) >= 11 is 5.74. The minimum Gasteiger partial charge on any atom is -0.467 e. The van der Waals surface area contributed by atoms with Crippen molar-refractivity contribution in [3.8, 4) is 6.01 Å². The van der Waals surface area contributed by atoms with E-state index in [2.05, 4.69) is 30.5 Å². The minimum absolute atomic E-state index is 0.00285. The van der Waals surface area contributed by atoms with Gasteiger partial charge in [-0.25, -0.2) is 0 Å². The number of nitrogens with one attached hydrogen (secondary N) is 2. The molecule has 0 saturated carbocycles. The molecule has 7 nitrogen and oxygen atoms in total. The van der Waals surface area contributed by atoms with Crippen LogP contribution in [-0.2, 0) is 0 Å². The molecular formula is C9H11ClN6O. The van der Waals surface area contributed by atoms with Crippen molar-refractivity contribution >= 4 is 17.5 Å². The molecule has 1 unspecified atom stereocenters. The largest absolute Gasteiger partial charge is 0.467 e. The monoisotopic (exact) mass is 254 g/mol. The van der Waals surface area contributed by atoms with Gasteiger partial charge in [-0.15, -0.1) is 0 Å². The Hall–Kier alpha value is -1.89. The molecule has 0 bridgehead atoms. The highest BCUT2D eigenvalue weighted by atomic mass is 35.5. The number of anilines is 1. The molecule has 0 aliphatic heterocycles. The molecule has 2 aromatic rings. The second-order valence-corrected chi connectivity index (χ2v) is 3.65. The third-order valence-electron chi connectivity index (χ3n) is 2.14. The molecule has 8 heteroatoms. The molecule has 0 aliphatic carbocycles. The van der Waals surface area contributed by atoms with Crippen molar-refractivity contribution in [2.24, 2.45) is 0 Å². The van der Waals surface area contributed by atoms with Crippen LogP contribution in [0.1, 0.15) is 18.5 Å². The molecule has 90 valence electrons. The minimum atomic E-state index is -0.00285. The topological polar surface area (TPSA) is 88.6 Å². The summed E-state index contributed by atoms with van der Waals surface area (Å²) in [5.74, 6) is 0.357. The number of rotatable bonds is 4. The van der Waals surface area contributed by atoms with Gasteiger partial charge in [0.05, 0.1) is 19.3 Å². The van der Waals surface area contributed by atoms with Gasteiger partial charge in [0.15, 0.2) is 0 Å². The summed E-state index contributed by atoms with van der Waals surface area (Å²) in [5, 5.41) is 9.76. The van der Waals surface area contributed by atoms with E-state index in [1.807, 2.05) is 6.92 Å². The maximum atomic E-state index is 5.74. The molecule has 0 radical (unpaired) electrons. The first kappa shape index (κ1) is 11.6. The van der Waals surface area contributed by atoms with Gasteiger partial charge >= 0.3 is 6.01 Å². The second kappa shape index (κ2) is 4.96. The Labute approximate surface area is 103 Å². The molecule has 2 N–H and O–H groups in total. The second-order valence-electron chi connectivity index (χ2n) is 3.31. The molecule has 0 aromatic carbocycles. The first-order valence-electron chi connectivity index (χ1n) is 4.90. The lowest BCUT2D eigenvalue weighted by Gasteiger charge is -2.11. The van der Waals surface area contributed by atoms with Gasteiger partial charge in [-0.2, -0.15) is 20.1 Å². The predicted molar refractivity (Wildman–Crippen MR) is 62.0 cm³/mol. The summed E-state index contributed by atoms with van der Waals surface area (Å²) in [4.78, 5) is 11.8. The highest BCUT2D eigenvalue weighted by Crippen LogP contribution is 2.17. The van der Waals surface area contributed by atoms with Gasteiger partial charge in [-0.1, -0.05) is 0 Å². The van der Waals surface area contributed by atoms with E-state index in [4.69, 9.17) is 16.3 Å². The summed E-state index contributed by atoms with van der Waals surface area (Å²) in [6, 6.07) is 0.170. The van der Waals surface area contributed by atoms with Crippen LogP contribution in [0.5, 0.6) is 6.01 Å². The van der Waals surface area contributed by atoms with Crippen LogP contribution >= 0.6 is 11.6 Å². The van der Waals surface area contributed by atoms with Crippen molar-refractivity contribution in [3.05, 3.63) is 23.2 Å². The zero-order chi connectivity index (χ0) is 12.3. The van der Waals surface area contributed by atoms with Gasteiger partial charge in [0.25, 0.3) is 0 Å². The Morgan fingerprint density at radius 2 is 2.24 bits per heavy atom. The average Bonchev–Trinajstić information content (AvgIpc) is 2.81. The van der Waals surface area contributed by atoms with E-state index in [1.165, 1.54) is 7.11 Å². The van der Waals surface area contributed by atoms with Crippen LogP contribution in [-0.4, -0.2) is 32.3 Å². The average molecular weight is 255 g/mol. The van der Waals surface area contributed by atoms with E-state index < -0.39 is 0 Å². The molecule has 0 amide bonds. The zero-order valence-corrected chi connectivity index (χ0v) is 10.1. The molecule has 0 spiro atoms. The van der Waals surface area contributed by atoms with Gasteiger partial charge in [0, 0.05) is 11.8 Å². The van der Waals surface area contributed by atoms with Gasteiger partial charge in [0.2, 0.25) is 11.2 Å². The summed E-state index contributed by atoms with van der Waals surface area (Å²) in [7, 11) is 1.47. The van der Waals surface area contributed by atoms with Crippen LogP contribution in [0.2, 0.25) is 5.28 Å². The Morgan fingerprint density at radius 3 is 2.88 bits per heavy atom. The number of ether oxygens (including phenoxy) is 1. The van der Waals surface area contributed by atoms with Crippen molar-refractivity contribution < 1.29 is 4.74 Å². The van der Waals surface area contributed by atoms with Crippen molar-refractivity contribution in [2.45, 2.75) is 13.0 Å². The van der Waals surface area contributed by atoms with Gasteiger partial charge in [-0.05, 0) is 18.5 Å². The number of H-pyrrole nitrogens is 1. The first-order valence-corrected chi connectivity index (χ1v) is 5.27. The normalized spacial score (nSPS) is 12.2. The van der Waals surface area contributed by atoms with E-state index in [-0.39, 0.29) is 17.3 Å². The van der Waals surface area contributed by atoms with Crippen LogP contribution in [0.15, 0.2) is 12.4 Å². The molecule has 1 atom stereocenters. The first-order chi connectivity index (χ1) is 8.19. The number of methoxy groups -OCH3 is 1. The Morgan fingerprint density at radius 1 is 1.41 bits per heavy atom. The molecule has 0 aliphatic rings. The van der Waals surface area contributed by atoms with Crippen LogP contribution in [0, 0.1) is 0 Å². The molecular weight excluding hydrogens is 244 g/mol. The lowest BCUT2D eigenvalue weighted by molar-refractivity contribution is 0.378. The van der Waals surface area contributed by atoms with E-state index in [0.29, 0.717) is 5.95 Å². The quantitative estimate of drug-likeness (QED) is 0.858. The summed E-state index contributed by atoms with van der Waals surface area (Å²) < 4.78 is 4.90. The summed E-state index contributed by atoms with van der Waals surface area (Å²) in [6.45, 7) is 1.95. The third kappa shape index (κ3) is 2.82. The van der Waals surface area contributed by atoms with Gasteiger partial charge < -0.3 is 10.1 Å². The fourth-order valence-corrected chi connectivity index (χ4v) is 1.41. The third-order valence-corrected chi connectivity index (χ3v) is 2.30. The molecule has 17 heavy (non-hydrogen) atoms. The van der Waals surface area contributed by atoms with E-state index in [1.54, 1.807) is 12.4 Å². The van der Waals surface area contributed by atoms with Crippen molar-refractivity contribution in [1.29, 1.82) is 0 Å². The Bertz CT molecular complexity index is 488. The smallest absolute Gasteiger partial charge is 0.322 e. The molecule has 0 fully saturated rings. The molecule has 0 saturated heterocycles. The standard InChI is InChI=1S/C9H11ClN6O/c1-5(6-3-11-12-4-6)13-8-14-7(10)15-9(16-8)17-2/h3-5H,1-2H3,(H,11,12)(H,13,14,15,16). The fraction of sp³-hybridized carbons (Fsp3) is 0.333. The van der Waals surface area contributed by atoms with Gasteiger partial charge in [-0.3, -0.25) is 5.10 Å². The number of nitrogens with zero attached hydrogens (tertiary/aromatic N) is 4. The predicted octanol–water partition coefficient (Wildman–Crippen LogP) is 1.43. The molecule has 2 heterocycles. The van der Waals surface area contributed by atoms with Crippen LogP contribution in [0.3, 0.4) is 0 Å². The number of hydrogen-bond donors (Lipinski definition) is 2. The maximum absolute atomic E-state index is 5.74. The van der Waals surface area contributed by atoms with Crippen LogP contribution in [0.25, 0.3) is 0 Å². The van der Waals surface area contributed by atoms with Crippen molar-refractivity contribution in [3.63, 3.8) is 0 Å². The Balaban J connectivity index is 2.15. The van der Waals surface area contributed by atoms with E-state index in [0.717, 1.165) is 5.56 Å². The van der Waals surface area contributed by atoms with Crippen molar-refractivity contribution in [2.75, 3.05) is 12.4 Å². The fourth-order valence-electron chi connectivity index (χ4n) is 1.26. The lowest BCUT2D eigenvalue weighted by Crippen LogP contribution is -2.10. The number of aromatic nitrogens is 5. The zero-order valence-electron chi connectivity index (χ0n) is 9.31. The lowest BCUT2D eigenvalue weighted by atomic mass is 10.2. The van der Waals surface area contributed by atoms with E-state index in [9.17, 15) is 0 Å². The SMILES string of the molecule is COc1nc(Cl)nc(NC(C)c2cn[nH]c2)n1. The van der Waals surface area contributed by atoms with Crippen molar-refractivity contribution in [1.82, 2.24) is 25.1 Å². The molecule has 2 rings (SSSR count). The van der Waals surface area contributed by atoms with Crippen LogP contribution < -0.4 is 10.1 Å². The number of aromatic amines is 1. The molecule has 2 aromatic heterocycles. The highest BCUT2D eigenvalue weighted by Gasteiger charge is 2.10. The summed E-state index contributed by atoms with van der Waals surface area (Å²) in [5.41, 5.74) is 0.987. The van der Waals surface area contributed by atoms with Gasteiger partial charge in [0.1, 0.15) is 0 Å². The highest BCUT2D eigenvalue weighted by molar-refractivity contribution is 6.28.